The first kappa shape index (κ1) is 17.2. The van der Waals surface area contributed by atoms with Gasteiger partial charge in [-0.15, -0.1) is 0 Å². The van der Waals surface area contributed by atoms with Crippen LogP contribution in [0, 0.1) is 17.3 Å². The minimum atomic E-state index is 0.279. The van der Waals surface area contributed by atoms with Crippen molar-refractivity contribution in [2.24, 2.45) is 17.3 Å². The van der Waals surface area contributed by atoms with Crippen molar-refractivity contribution in [2.45, 2.75) is 78.6 Å². The molecule has 1 heterocycles. The summed E-state index contributed by atoms with van der Waals surface area (Å²) in [7, 11) is 1.86. The van der Waals surface area contributed by atoms with Crippen molar-refractivity contribution in [1.29, 1.82) is 0 Å². The lowest BCUT2D eigenvalue weighted by atomic mass is 9.63. The zero-order chi connectivity index (χ0) is 15.8. The Morgan fingerprint density at radius 3 is 2.38 bits per heavy atom. The molecule has 0 amide bonds. The number of nitrogens with one attached hydrogen (secondary N) is 1. The Bertz CT molecular complexity index is 340. The molecule has 124 valence electrons. The highest BCUT2D eigenvalue weighted by Crippen LogP contribution is 2.47. The summed E-state index contributed by atoms with van der Waals surface area (Å²) < 4.78 is 5.67. The van der Waals surface area contributed by atoms with Gasteiger partial charge in [0, 0.05) is 43.7 Å². The fourth-order valence-electron chi connectivity index (χ4n) is 4.39. The first-order chi connectivity index (χ1) is 9.77. The van der Waals surface area contributed by atoms with Crippen LogP contribution in [0.5, 0.6) is 0 Å². The summed E-state index contributed by atoms with van der Waals surface area (Å²) >= 11 is 0. The predicted molar refractivity (Wildman–Crippen MR) is 89.6 cm³/mol. The SMILES string of the molecule is COC1CC(N2CC(CC(C)C)NCC2C(C)C)C1(C)C. The van der Waals surface area contributed by atoms with Crippen LogP contribution in [0.15, 0.2) is 0 Å². The van der Waals surface area contributed by atoms with E-state index in [1.54, 1.807) is 0 Å². The van der Waals surface area contributed by atoms with E-state index in [2.05, 4.69) is 51.8 Å². The summed E-state index contributed by atoms with van der Waals surface area (Å²) in [6, 6.07) is 1.99. The number of ether oxygens (including phenoxy) is 1. The van der Waals surface area contributed by atoms with Crippen molar-refractivity contribution in [3.05, 3.63) is 0 Å². The Balaban J connectivity index is 2.08. The molecule has 3 nitrogen and oxygen atoms in total. The highest BCUT2D eigenvalue weighted by Gasteiger charge is 2.53. The summed E-state index contributed by atoms with van der Waals surface area (Å²) in [5, 5.41) is 3.79. The van der Waals surface area contributed by atoms with Crippen molar-refractivity contribution >= 4 is 0 Å². The number of rotatable bonds is 5. The molecule has 1 saturated carbocycles. The minimum Gasteiger partial charge on any atom is -0.381 e. The second-order valence-electron chi connectivity index (χ2n) is 8.54. The Morgan fingerprint density at radius 1 is 1.24 bits per heavy atom. The van der Waals surface area contributed by atoms with Gasteiger partial charge in [-0.2, -0.15) is 0 Å². The third-order valence-electron chi connectivity index (χ3n) is 5.81. The number of hydrogen-bond acceptors (Lipinski definition) is 3. The maximum absolute atomic E-state index is 5.67. The Labute approximate surface area is 131 Å². The highest BCUT2D eigenvalue weighted by molar-refractivity contribution is 5.07. The van der Waals surface area contributed by atoms with Crippen LogP contribution in [0.1, 0.15) is 54.4 Å². The van der Waals surface area contributed by atoms with Crippen molar-refractivity contribution in [3.8, 4) is 0 Å². The third-order valence-corrected chi connectivity index (χ3v) is 5.81. The van der Waals surface area contributed by atoms with Crippen LogP contribution in [0.4, 0.5) is 0 Å². The van der Waals surface area contributed by atoms with E-state index in [0.717, 1.165) is 12.5 Å². The number of nitrogens with zero attached hydrogens (tertiary/aromatic N) is 1. The fourth-order valence-corrected chi connectivity index (χ4v) is 4.39. The van der Waals surface area contributed by atoms with Crippen LogP contribution in [0.25, 0.3) is 0 Å². The molecule has 2 fully saturated rings. The van der Waals surface area contributed by atoms with Gasteiger partial charge in [0.15, 0.2) is 0 Å². The lowest BCUT2D eigenvalue weighted by Gasteiger charge is -2.59. The first-order valence-corrected chi connectivity index (χ1v) is 8.79. The minimum absolute atomic E-state index is 0.279. The summed E-state index contributed by atoms with van der Waals surface area (Å²) in [6.45, 7) is 16.5. The molecule has 1 aliphatic carbocycles. The highest BCUT2D eigenvalue weighted by atomic mass is 16.5. The van der Waals surface area contributed by atoms with Crippen LogP contribution in [0.2, 0.25) is 0 Å². The molecule has 0 radical (unpaired) electrons. The monoisotopic (exact) mass is 296 g/mol. The van der Waals surface area contributed by atoms with Gasteiger partial charge < -0.3 is 10.1 Å². The molecule has 0 aromatic heterocycles. The van der Waals surface area contributed by atoms with Crippen molar-refractivity contribution in [3.63, 3.8) is 0 Å². The van der Waals surface area contributed by atoms with E-state index in [9.17, 15) is 0 Å². The molecule has 0 spiro atoms. The molecule has 0 aromatic carbocycles. The molecular formula is C18H36N2O. The van der Waals surface area contributed by atoms with E-state index in [0.29, 0.717) is 30.1 Å². The zero-order valence-electron chi connectivity index (χ0n) is 15.1. The van der Waals surface area contributed by atoms with Crippen LogP contribution in [-0.2, 0) is 4.74 Å². The molecule has 3 heteroatoms. The average Bonchev–Trinajstić information content (AvgIpc) is 2.37. The number of methoxy groups -OCH3 is 1. The van der Waals surface area contributed by atoms with Gasteiger partial charge >= 0.3 is 0 Å². The Hall–Kier alpha value is -0.120. The van der Waals surface area contributed by atoms with Gasteiger partial charge in [-0.3, -0.25) is 4.90 Å². The molecule has 2 rings (SSSR count). The second kappa shape index (κ2) is 6.55. The van der Waals surface area contributed by atoms with E-state index >= 15 is 0 Å². The molecular weight excluding hydrogens is 260 g/mol. The second-order valence-corrected chi connectivity index (χ2v) is 8.54. The van der Waals surface area contributed by atoms with Crippen molar-refractivity contribution in [2.75, 3.05) is 20.2 Å². The quantitative estimate of drug-likeness (QED) is 0.843. The van der Waals surface area contributed by atoms with E-state index in [-0.39, 0.29) is 5.41 Å². The largest absolute Gasteiger partial charge is 0.381 e. The van der Waals surface area contributed by atoms with Crippen LogP contribution < -0.4 is 5.32 Å². The Morgan fingerprint density at radius 2 is 1.90 bits per heavy atom. The zero-order valence-corrected chi connectivity index (χ0v) is 15.1. The Kier molecular flexibility index (Phi) is 5.38. The molecule has 4 atom stereocenters. The van der Waals surface area contributed by atoms with Crippen molar-refractivity contribution in [1.82, 2.24) is 10.2 Å². The first-order valence-electron chi connectivity index (χ1n) is 8.79. The smallest absolute Gasteiger partial charge is 0.0652 e. The van der Waals surface area contributed by atoms with Gasteiger partial charge in [0.1, 0.15) is 0 Å². The lowest BCUT2D eigenvalue weighted by molar-refractivity contribution is -0.156. The summed E-state index contributed by atoms with van der Waals surface area (Å²) in [5.74, 6) is 1.47. The summed E-state index contributed by atoms with van der Waals surface area (Å²) in [6.07, 6.45) is 2.90. The lowest BCUT2D eigenvalue weighted by Crippen LogP contribution is -2.70. The average molecular weight is 296 g/mol. The van der Waals surface area contributed by atoms with Gasteiger partial charge in [0.05, 0.1) is 6.10 Å². The van der Waals surface area contributed by atoms with Gasteiger partial charge in [0.25, 0.3) is 0 Å². The molecule has 2 aliphatic rings. The topological polar surface area (TPSA) is 24.5 Å². The van der Waals surface area contributed by atoms with E-state index in [1.165, 1.54) is 19.4 Å². The van der Waals surface area contributed by atoms with Gasteiger partial charge in [-0.1, -0.05) is 41.5 Å². The number of piperazine rings is 1. The van der Waals surface area contributed by atoms with Gasteiger partial charge in [0.2, 0.25) is 0 Å². The molecule has 0 aromatic rings. The standard InChI is InChI=1S/C18H36N2O/c1-12(2)8-14-11-20(15(10-19-14)13(3)4)16-9-17(21-7)18(16,5)6/h12-17,19H,8-11H2,1-7H3. The van der Waals surface area contributed by atoms with Gasteiger partial charge in [-0.05, 0) is 24.7 Å². The maximum Gasteiger partial charge on any atom is 0.0652 e. The summed E-state index contributed by atoms with van der Waals surface area (Å²) in [5.41, 5.74) is 0.279. The predicted octanol–water partition coefficient (Wildman–Crippen LogP) is 3.14. The maximum atomic E-state index is 5.67. The molecule has 1 aliphatic heterocycles. The molecule has 21 heavy (non-hydrogen) atoms. The van der Waals surface area contributed by atoms with E-state index in [1.807, 2.05) is 7.11 Å². The number of hydrogen-bond donors (Lipinski definition) is 1. The van der Waals surface area contributed by atoms with Crippen LogP contribution in [0.3, 0.4) is 0 Å². The molecule has 0 bridgehead atoms. The van der Waals surface area contributed by atoms with E-state index < -0.39 is 0 Å². The third kappa shape index (κ3) is 3.46. The van der Waals surface area contributed by atoms with Crippen molar-refractivity contribution < 1.29 is 4.74 Å². The molecule has 4 unspecified atom stereocenters. The van der Waals surface area contributed by atoms with Crippen LogP contribution >= 0.6 is 0 Å². The van der Waals surface area contributed by atoms with Crippen LogP contribution in [-0.4, -0.2) is 49.3 Å². The summed E-state index contributed by atoms with van der Waals surface area (Å²) in [4.78, 5) is 2.81. The van der Waals surface area contributed by atoms with Gasteiger partial charge in [-0.25, -0.2) is 0 Å². The molecule has 1 N–H and O–H groups in total. The van der Waals surface area contributed by atoms with E-state index in [4.69, 9.17) is 4.74 Å². The normalized spacial score (nSPS) is 37.0. The fraction of sp³-hybridized carbons (Fsp3) is 1.00. The molecule has 1 saturated heterocycles.